The number of allylic oxidation sites excluding steroid dienone is 8. The average Bonchev–Trinajstić information content (AvgIpc) is 3.92. The lowest BCUT2D eigenvalue weighted by Gasteiger charge is -2.36. The summed E-state index contributed by atoms with van der Waals surface area (Å²) >= 11 is 0. The quantitative estimate of drug-likeness (QED) is 0.142. The lowest BCUT2D eigenvalue weighted by Crippen LogP contribution is -2.28. The molecule has 0 saturated heterocycles. The summed E-state index contributed by atoms with van der Waals surface area (Å²) in [6.45, 7) is 15.7. The lowest BCUT2D eigenvalue weighted by molar-refractivity contribution is 0.590. The third-order valence-electron chi connectivity index (χ3n) is 14.6. The van der Waals surface area contributed by atoms with Crippen LogP contribution in [-0.2, 0) is 10.8 Å². The molecule has 0 spiro atoms. The Kier molecular flexibility index (Phi) is 9.07. The molecule has 1 aromatic heterocycles. The van der Waals surface area contributed by atoms with Crippen molar-refractivity contribution in [1.82, 2.24) is 0 Å². The molecule has 0 aliphatic heterocycles. The molecule has 3 aliphatic rings. The lowest BCUT2D eigenvalue weighted by atomic mass is 9.66. The molecule has 1 heterocycles. The van der Waals surface area contributed by atoms with Crippen molar-refractivity contribution in [2.75, 3.05) is 4.90 Å². The summed E-state index contributed by atoms with van der Waals surface area (Å²) in [4.78, 5) is 2.51. The normalized spacial score (nSPS) is 18.1. The highest BCUT2D eigenvalue weighted by Gasteiger charge is 2.47. The first-order valence-corrected chi connectivity index (χ1v) is 22.3. The van der Waals surface area contributed by atoms with Gasteiger partial charge in [0.2, 0.25) is 0 Å². The zero-order valence-electron chi connectivity index (χ0n) is 36.7. The van der Waals surface area contributed by atoms with E-state index in [1.165, 1.54) is 78.2 Å². The summed E-state index contributed by atoms with van der Waals surface area (Å²) in [5.74, 6) is 0.580. The Labute approximate surface area is 371 Å². The van der Waals surface area contributed by atoms with Gasteiger partial charge >= 0.3 is 0 Å². The third kappa shape index (κ3) is 5.64. The fourth-order valence-corrected chi connectivity index (χ4v) is 11.5. The van der Waals surface area contributed by atoms with Crippen molar-refractivity contribution in [1.29, 1.82) is 0 Å². The highest BCUT2D eigenvalue weighted by atomic mass is 16.3. The van der Waals surface area contributed by atoms with E-state index in [4.69, 9.17) is 4.42 Å². The summed E-state index contributed by atoms with van der Waals surface area (Å²) in [6, 6.07) is 58.2. The first-order valence-electron chi connectivity index (χ1n) is 22.3. The van der Waals surface area contributed by atoms with Crippen molar-refractivity contribution in [3.05, 3.63) is 251 Å². The van der Waals surface area contributed by atoms with Crippen LogP contribution in [0.1, 0.15) is 73.9 Å². The van der Waals surface area contributed by atoms with Gasteiger partial charge in [-0.15, -0.1) is 0 Å². The summed E-state index contributed by atoms with van der Waals surface area (Å²) in [5, 5.41) is 2.24. The number of hydrogen-bond acceptors (Lipinski definition) is 2. The molecule has 306 valence electrons. The van der Waals surface area contributed by atoms with Gasteiger partial charge in [-0.3, -0.25) is 0 Å². The molecule has 0 N–H and O–H groups in total. The van der Waals surface area contributed by atoms with Crippen LogP contribution in [-0.4, -0.2) is 0 Å². The molecule has 8 aromatic rings. The van der Waals surface area contributed by atoms with Gasteiger partial charge in [0.25, 0.3) is 0 Å². The van der Waals surface area contributed by atoms with Crippen molar-refractivity contribution in [2.24, 2.45) is 5.92 Å². The van der Waals surface area contributed by atoms with E-state index in [0.29, 0.717) is 5.92 Å². The summed E-state index contributed by atoms with van der Waals surface area (Å²) in [5.41, 5.74) is 20.1. The summed E-state index contributed by atoms with van der Waals surface area (Å²) in [7, 11) is 0. The molecule has 2 nitrogen and oxygen atoms in total. The van der Waals surface area contributed by atoms with Gasteiger partial charge in [0, 0.05) is 45.1 Å². The van der Waals surface area contributed by atoms with E-state index >= 15 is 0 Å². The molecule has 2 unspecified atom stereocenters. The van der Waals surface area contributed by atoms with E-state index in [1.807, 2.05) is 12.2 Å². The minimum atomic E-state index is -0.551. The molecule has 2 heteroatoms. The zero-order chi connectivity index (χ0) is 43.0. The van der Waals surface area contributed by atoms with Gasteiger partial charge in [0.1, 0.15) is 11.2 Å². The van der Waals surface area contributed by atoms with Crippen LogP contribution in [0.25, 0.3) is 44.2 Å². The van der Waals surface area contributed by atoms with Crippen molar-refractivity contribution in [3.63, 3.8) is 0 Å². The molecule has 11 rings (SSSR count). The summed E-state index contributed by atoms with van der Waals surface area (Å²) < 4.78 is 7.06. The Morgan fingerprint density at radius 2 is 1.29 bits per heavy atom. The predicted octanol–water partition coefficient (Wildman–Crippen LogP) is 16.3. The second kappa shape index (κ2) is 14.7. The van der Waals surface area contributed by atoms with Crippen LogP contribution in [0.2, 0.25) is 0 Å². The van der Waals surface area contributed by atoms with Gasteiger partial charge in [0.05, 0.1) is 11.1 Å². The van der Waals surface area contributed by atoms with E-state index in [2.05, 4.69) is 228 Å². The van der Waals surface area contributed by atoms with E-state index in [0.717, 1.165) is 27.6 Å². The molecule has 0 radical (unpaired) electrons. The van der Waals surface area contributed by atoms with E-state index in [1.54, 1.807) is 0 Å². The maximum Gasteiger partial charge on any atom is 0.137 e. The van der Waals surface area contributed by atoms with Gasteiger partial charge in [-0.05, 0) is 106 Å². The molecule has 63 heavy (non-hydrogen) atoms. The fraction of sp³-hybridized carbons (Fsp3) is 0.148. The highest BCUT2D eigenvalue weighted by Crippen LogP contribution is 2.59. The monoisotopic (exact) mass is 813 g/mol. The minimum Gasteiger partial charge on any atom is -0.456 e. The second-order valence-electron chi connectivity index (χ2n) is 18.1. The average molecular weight is 814 g/mol. The fourth-order valence-electron chi connectivity index (χ4n) is 11.5. The topological polar surface area (TPSA) is 16.4 Å². The van der Waals surface area contributed by atoms with Crippen LogP contribution in [0.4, 0.5) is 11.4 Å². The third-order valence-corrected chi connectivity index (χ3v) is 14.6. The van der Waals surface area contributed by atoms with Crippen LogP contribution in [0.5, 0.6) is 0 Å². The van der Waals surface area contributed by atoms with E-state index < -0.39 is 5.41 Å². The van der Waals surface area contributed by atoms with Gasteiger partial charge in [-0.2, -0.15) is 0 Å². The maximum absolute atomic E-state index is 7.06. The number of nitrogens with zero attached hydrogens (tertiary/aromatic N) is 1. The van der Waals surface area contributed by atoms with Gasteiger partial charge in [-0.25, -0.2) is 0 Å². The Morgan fingerprint density at radius 3 is 2.02 bits per heavy atom. The Bertz CT molecular complexity index is 3230. The molecule has 0 amide bonds. The highest BCUT2D eigenvalue weighted by molar-refractivity contribution is 6.10. The standard InChI is InChI=1S/C61H51NO/c1-7-8-10-21-39(2)61(50-28-17-13-24-45(50)46-25-14-18-29-51(46)61)53-31-20-33-56-59(53)48-35-34-43(38-57(48)63-56)62(54-37-36-44(40(3)41(54)4)42-22-11-9-12-23-42)55-32-19-30-52-58(55)47-26-15-16-27-49(47)60(52,5)6/h7-38,40,44H,1H2,2-6H3/b10-8-,39-21+. The van der Waals surface area contributed by atoms with Gasteiger partial charge < -0.3 is 9.32 Å². The van der Waals surface area contributed by atoms with Gasteiger partial charge in [-0.1, -0.05) is 191 Å². The smallest absolute Gasteiger partial charge is 0.137 e. The zero-order valence-corrected chi connectivity index (χ0v) is 36.7. The first kappa shape index (κ1) is 38.7. The van der Waals surface area contributed by atoms with Crippen LogP contribution in [0.3, 0.4) is 0 Å². The number of rotatable bonds is 8. The Hall–Kier alpha value is -7.16. The number of hydrogen-bond donors (Lipinski definition) is 0. The van der Waals surface area contributed by atoms with Crippen LogP contribution in [0.15, 0.2) is 222 Å². The molecule has 2 atom stereocenters. The molecular formula is C61H51NO. The SMILES string of the molecule is C=C/C=C\C=C(/C)C1(c2cccc3oc4cc(N(C5=C(C)C(C)C(c6ccccc6)C=C5)c5cccc6c5-c5ccccc5C6(C)C)ccc4c23)c2ccccc2-c2ccccc21. The molecule has 3 aliphatic carbocycles. The molecule has 0 saturated carbocycles. The van der Waals surface area contributed by atoms with Crippen LogP contribution in [0, 0.1) is 5.92 Å². The van der Waals surface area contributed by atoms with Crippen molar-refractivity contribution in [2.45, 2.75) is 51.4 Å². The van der Waals surface area contributed by atoms with Crippen LogP contribution < -0.4 is 4.90 Å². The minimum absolute atomic E-state index is 0.133. The van der Waals surface area contributed by atoms with E-state index in [-0.39, 0.29) is 11.3 Å². The largest absolute Gasteiger partial charge is 0.456 e. The molecular weight excluding hydrogens is 763 g/mol. The molecule has 0 bridgehead atoms. The molecule has 0 fully saturated rings. The second-order valence-corrected chi connectivity index (χ2v) is 18.1. The number of benzene rings is 7. The number of furan rings is 1. The van der Waals surface area contributed by atoms with Gasteiger partial charge in [0.15, 0.2) is 0 Å². The van der Waals surface area contributed by atoms with Crippen molar-refractivity contribution < 1.29 is 4.42 Å². The summed E-state index contributed by atoms with van der Waals surface area (Å²) in [6.07, 6.45) is 13.0. The Morgan fingerprint density at radius 1 is 0.651 bits per heavy atom. The predicted molar refractivity (Wildman–Crippen MR) is 265 cm³/mol. The number of anilines is 2. The van der Waals surface area contributed by atoms with Crippen molar-refractivity contribution in [3.8, 4) is 22.3 Å². The molecule has 7 aromatic carbocycles. The first-order chi connectivity index (χ1) is 30.7. The van der Waals surface area contributed by atoms with Crippen molar-refractivity contribution >= 4 is 33.3 Å². The number of fused-ring (bicyclic) bond motifs is 9. The Balaban J connectivity index is 1.15. The maximum atomic E-state index is 7.06. The van der Waals surface area contributed by atoms with Crippen LogP contribution >= 0.6 is 0 Å². The van der Waals surface area contributed by atoms with E-state index in [9.17, 15) is 0 Å².